The molecule has 0 saturated heterocycles. The van der Waals surface area contributed by atoms with Crippen molar-refractivity contribution >= 4 is 22.6 Å². The van der Waals surface area contributed by atoms with Crippen molar-refractivity contribution in [2.45, 2.75) is 31.8 Å². The van der Waals surface area contributed by atoms with Gasteiger partial charge in [0, 0.05) is 6.42 Å². The molecular weight excluding hydrogens is 280 g/mol. The molecule has 2 atom stereocenters. The third-order valence-corrected chi connectivity index (χ3v) is 3.67. The van der Waals surface area contributed by atoms with Gasteiger partial charge in [-0.25, -0.2) is 0 Å². The number of benzene rings is 2. The Labute approximate surface area is 129 Å². The van der Waals surface area contributed by atoms with E-state index in [0.717, 1.165) is 16.3 Å². The molecule has 2 aromatic carbocycles. The third-order valence-electron chi connectivity index (χ3n) is 3.67. The summed E-state index contributed by atoms with van der Waals surface area (Å²) in [5.74, 6) is -1.29. The van der Waals surface area contributed by atoms with Gasteiger partial charge in [-0.05, 0) is 29.7 Å². The minimum absolute atomic E-state index is 0.0998. The van der Waals surface area contributed by atoms with Gasteiger partial charge in [0.1, 0.15) is 6.04 Å². The van der Waals surface area contributed by atoms with Crippen LogP contribution >= 0.6 is 0 Å². The van der Waals surface area contributed by atoms with E-state index in [1.54, 1.807) is 0 Å². The normalized spacial score (nSPS) is 13.5. The largest absolute Gasteiger partial charge is 0.480 e. The quantitative estimate of drug-likeness (QED) is 0.762. The van der Waals surface area contributed by atoms with E-state index in [1.807, 2.05) is 49.4 Å². The fraction of sp³-hybridized carbons (Fsp3) is 0.294. The second kappa shape index (κ2) is 7.04. The first-order chi connectivity index (χ1) is 10.5. The Kier molecular flexibility index (Phi) is 5.12. The predicted molar refractivity (Wildman–Crippen MR) is 85.4 cm³/mol. The maximum absolute atomic E-state index is 11.9. The van der Waals surface area contributed by atoms with Crippen LogP contribution < -0.4 is 11.1 Å². The van der Waals surface area contributed by atoms with Gasteiger partial charge < -0.3 is 16.2 Å². The van der Waals surface area contributed by atoms with Crippen LogP contribution in [-0.2, 0) is 9.59 Å². The molecule has 2 rings (SSSR count). The average molecular weight is 300 g/mol. The minimum atomic E-state index is -1.09. The van der Waals surface area contributed by atoms with Gasteiger partial charge in [-0.2, -0.15) is 0 Å². The summed E-state index contributed by atoms with van der Waals surface area (Å²) in [5, 5.41) is 13.8. The lowest BCUT2D eigenvalue weighted by atomic mass is 9.99. The van der Waals surface area contributed by atoms with Crippen LogP contribution in [0.2, 0.25) is 0 Å². The molecule has 116 valence electrons. The van der Waals surface area contributed by atoms with Crippen molar-refractivity contribution in [2.75, 3.05) is 0 Å². The molecule has 5 heteroatoms. The van der Waals surface area contributed by atoms with Crippen LogP contribution in [0.4, 0.5) is 0 Å². The van der Waals surface area contributed by atoms with Crippen LogP contribution in [0, 0.1) is 0 Å². The van der Waals surface area contributed by atoms with Gasteiger partial charge in [0.25, 0.3) is 0 Å². The number of amides is 1. The Bertz CT molecular complexity index is 679. The Morgan fingerprint density at radius 3 is 2.59 bits per heavy atom. The molecule has 0 unspecified atom stereocenters. The lowest BCUT2D eigenvalue weighted by Gasteiger charge is -2.17. The summed E-state index contributed by atoms with van der Waals surface area (Å²) < 4.78 is 0. The maximum atomic E-state index is 11.9. The molecule has 22 heavy (non-hydrogen) atoms. The van der Waals surface area contributed by atoms with Crippen molar-refractivity contribution in [3.05, 3.63) is 48.0 Å². The number of carbonyl (C=O) groups excluding carboxylic acids is 1. The number of carboxylic acid groups (broad SMARTS) is 1. The van der Waals surface area contributed by atoms with Crippen LogP contribution in [0.15, 0.2) is 42.5 Å². The Morgan fingerprint density at radius 1 is 1.18 bits per heavy atom. The first-order valence-corrected chi connectivity index (χ1v) is 7.24. The van der Waals surface area contributed by atoms with Gasteiger partial charge in [-0.1, -0.05) is 42.5 Å². The molecular formula is C17H20N2O3. The predicted octanol–water partition coefficient (Wildman–Crippen LogP) is 2.21. The Morgan fingerprint density at radius 2 is 1.86 bits per heavy atom. The first-order valence-electron chi connectivity index (χ1n) is 7.24. The molecule has 2 aromatic rings. The number of nitrogens with two attached hydrogens (primary N) is 1. The van der Waals surface area contributed by atoms with E-state index in [0.29, 0.717) is 0 Å². The topological polar surface area (TPSA) is 92.4 Å². The monoisotopic (exact) mass is 300 g/mol. The molecule has 1 amide bonds. The molecule has 0 aliphatic carbocycles. The maximum Gasteiger partial charge on any atom is 0.320 e. The molecule has 0 fully saturated rings. The molecule has 0 saturated carbocycles. The first kappa shape index (κ1) is 16.0. The summed E-state index contributed by atoms with van der Waals surface area (Å²) in [6.45, 7) is 1.91. The highest BCUT2D eigenvalue weighted by Crippen LogP contribution is 2.24. The van der Waals surface area contributed by atoms with Crippen molar-refractivity contribution in [1.29, 1.82) is 0 Å². The number of hydrogen-bond acceptors (Lipinski definition) is 3. The lowest BCUT2D eigenvalue weighted by molar-refractivity contribution is -0.138. The zero-order valence-electron chi connectivity index (χ0n) is 12.5. The number of nitrogens with one attached hydrogen (secondary N) is 1. The Balaban J connectivity index is 2.03. The molecule has 0 radical (unpaired) electrons. The van der Waals surface area contributed by atoms with Crippen LogP contribution in [0.25, 0.3) is 10.8 Å². The van der Waals surface area contributed by atoms with Crippen LogP contribution in [0.3, 0.4) is 0 Å². The molecule has 5 nitrogen and oxygen atoms in total. The molecule has 0 bridgehead atoms. The fourth-order valence-electron chi connectivity index (χ4n) is 2.43. The minimum Gasteiger partial charge on any atom is -0.480 e. The zero-order chi connectivity index (χ0) is 16.1. The van der Waals surface area contributed by atoms with E-state index in [-0.39, 0.29) is 24.8 Å². The fourth-order valence-corrected chi connectivity index (χ4v) is 2.43. The lowest BCUT2D eigenvalue weighted by Crippen LogP contribution is -2.33. The van der Waals surface area contributed by atoms with Crippen LogP contribution in [0.5, 0.6) is 0 Å². The van der Waals surface area contributed by atoms with E-state index < -0.39 is 12.0 Å². The molecule has 0 aliphatic rings. The molecule has 4 N–H and O–H groups in total. The summed E-state index contributed by atoms with van der Waals surface area (Å²) in [6, 6.07) is 12.8. The number of carbonyl (C=O) groups is 2. The molecule has 0 aromatic heterocycles. The standard InChI is InChI=1S/C17H20N2O3/c1-11(19-16(20)10-9-15(18)17(21)22)13-8-4-6-12-5-2-3-7-14(12)13/h2-8,11,15H,9-10,18H2,1H3,(H,19,20)(H,21,22)/t11-,15-/m0/s1. The highest BCUT2D eigenvalue weighted by atomic mass is 16.4. The second-order valence-corrected chi connectivity index (χ2v) is 5.34. The van der Waals surface area contributed by atoms with Crippen molar-refractivity contribution < 1.29 is 14.7 Å². The van der Waals surface area contributed by atoms with E-state index >= 15 is 0 Å². The summed E-state index contributed by atoms with van der Waals surface area (Å²) in [6.07, 6.45) is 0.228. The summed E-state index contributed by atoms with van der Waals surface area (Å²) in [5.41, 5.74) is 6.44. The van der Waals surface area contributed by atoms with E-state index in [4.69, 9.17) is 10.8 Å². The van der Waals surface area contributed by atoms with Crippen LogP contribution in [-0.4, -0.2) is 23.0 Å². The van der Waals surface area contributed by atoms with Crippen molar-refractivity contribution in [2.24, 2.45) is 5.73 Å². The van der Waals surface area contributed by atoms with E-state index in [1.165, 1.54) is 0 Å². The van der Waals surface area contributed by atoms with Crippen molar-refractivity contribution in [3.8, 4) is 0 Å². The van der Waals surface area contributed by atoms with Gasteiger partial charge in [0.15, 0.2) is 0 Å². The molecule has 0 aliphatic heterocycles. The zero-order valence-corrected chi connectivity index (χ0v) is 12.5. The number of aliphatic carboxylic acids is 1. The van der Waals surface area contributed by atoms with Gasteiger partial charge in [-0.3, -0.25) is 9.59 Å². The summed E-state index contributed by atoms with van der Waals surface area (Å²) >= 11 is 0. The number of carboxylic acids is 1. The molecule has 0 spiro atoms. The van der Waals surface area contributed by atoms with Crippen molar-refractivity contribution in [1.82, 2.24) is 5.32 Å². The SMILES string of the molecule is C[C@H](NC(=O)CC[C@H](N)C(=O)O)c1cccc2ccccc12. The van der Waals surface area contributed by atoms with E-state index in [2.05, 4.69) is 5.32 Å². The molecule has 0 heterocycles. The van der Waals surface area contributed by atoms with Gasteiger partial charge in [-0.15, -0.1) is 0 Å². The van der Waals surface area contributed by atoms with E-state index in [9.17, 15) is 9.59 Å². The van der Waals surface area contributed by atoms with Gasteiger partial charge in [0.05, 0.1) is 6.04 Å². The van der Waals surface area contributed by atoms with Gasteiger partial charge >= 0.3 is 5.97 Å². The summed E-state index contributed by atoms with van der Waals surface area (Å²) in [4.78, 5) is 22.6. The average Bonchev–Trinajstić information content (AvgIpc) is 2.51. The van der Waals surface area contributed by atoms with Crippen LogP contribution in [0.1, 0.15) is 31.4 Å². The Hall–Kier alpha value is -2.40. The summed E-state index contributed by atoms with van der Waals surface area (Å²) in [7, 11) is 0. The second-order valence-electron chi connectivity index (χ2n) is 5.34. The number of hydrogen-bond donors (Lipinski definition) is 3. The van der Waals surface area contributed by atoms with Gasteiger partial charge in [0.2, 0.25) is 5.91 Å². The smallest absolute Gasteiger partial charge is 0.320 e. The number of fused-ring (bicyclic) bond motifs is 1. The van der Waals surface area contributed by atoms with Crippen molar-refractivity contribution in [3.63, 3.8) is 0 Å². The highest BCUT2D eigenvalue weighted by molar-refractivity contribution is 5.87. The third kappa shape index (κ3) is 3.83. The highest BCUT2D eigenvalue weighted by Gasteiger charge is 2.16. The number of rotatable bonds is 6.